The zero-order chi connectivity index (χ0) is 20.2. The standard InChI is InChI=1S/C20H18Cl2FN3O2/c1-12-8-24(9-17(27)25-10-20(2,23)11-25)19(28)18-14(5-6-26(12)18)13-3-4-15(21)16(22)7-13/h3-8H,9-11H2,1-2H3. The van der Waals surface area contributed by atoms with Gasteiger partial charge < -0.3 is 13.9 Å². The normalized spacial score (nSPS) is 15.7. The van der Waals surface area contributed by atoms with E-state index in [0.29, 0.717) is 21.1 Å². The topological polar surface area (TPSA) is 46.7 Å². The predicted octanol–water partition coefficient (Wildman–Crippen LogP) is 3.95. The smallest absolute Gasteiger partial charge is 0.275 e. The van der Waals surface area contributed by atoms with Gasteiger partial charge in [0.1, 0.15) is 17.7 Å². The predicted molar refractivity (Wildman–Crippen MR) is 108 cm³/mol. The lowest BCUT2D eigenvalue weighted by atomic mass is 9.99. The molecule has 1 aromatic carbocycles. The summed E-state index contributed by atoms with van der Waals surface area (Å²) in [6, 6.07) is 7.01. The zero-order valence-electron chi connectivity index (χ0n) is 15.4. The van der Waals surface area contributed by atoms with Crippen molar-refractivity contribution in [2.45, 2.75) is 26.1 Å². The molecule has 4 rings (SSSR count). The van der Waals surface area contributed by atoms with Gasteiger partial charge >= 0.3 is 0 Å². The SMILES string of the molecule is Cc1cn(CC(=O)N2CC(C)(F)C2)c(=O)c2c(-c3ccc(Cl)c(Cl)c3)ccn12. The number of alkyl halides is 1. The molecule has 0 radical (unpaired) electrons. The van der Waals surface area contributed by atoms with Crippen molar-refractivity contribution in [1.82, 2.24) is 13.9 Å². The van der Waals surface area contributed by atoms with E-state index in [2.05, 4.69) is 0 Å². The second-order valence-corrected chi connectivity index (χ2v) is 8.26. The number of amides is 1. The quantitative estimate of drug-likeness (QED) is 0.642. The Bertz CT molecular complexity index is 1160. The molecule has 0 N–H and O–H groups in total. The summed E-state index contributed by atoms with van der Waals surface area (Å²) in [4.78, 5) is 27.0. The molecule has 1 saturated heterocycles. The summed E-state index contributed by atoms with van der Waals surface area (Å²) in [5, 5.41) is 0.830. The molecule has 1 aliphatic rings. The highest BCUT2D eigenvalue weighted by Gasteiger charge is 2.41. The largest absolute Gasteiger partial charge is 0.335 e. The van der Waals surface area contributed by atoms with Crippen LogP contribution in [0.5, 0.6) is 0 Å². The third-order valence-electron chi connectivity index (χ3n) is 5.00. The first kappa shape index (κ1) is 19.0. The first-order valence-electron chi connectivity index (χ1n) is 8.79. The Morgan fingerprint density at radius 2 is 1.93 bits per heavy atom. The number of likely N-dealkylation sites (tertiary alicyclic amines) is 1. The van der Waals surface area contributed by atoms with E-state index in [-0.39, 0.29) is 31.1 Å². The van der Waals surface area contributed by atoms with Crippen LogP contribution < -0.4 is 5.56 Å². The fourth-order valence-electron chi connectivity index (χ4n) is 3.61. The number of halogens is 3. The van der Waals surface area contributed by atoms with Crippen molar-refractivity contribution in [3.8, 4) is 11.1 Å². The maximum Gasteiger partial charge on any atom is 0.275 e. The van der Waals surface area contributed by atoms with Gasteiger partial charge in [0.2, 0.25) is 5.91 Å². The molecule has 0 bridgehead atoms. The second kappa shape index (κ2) is 6.64. The number of carbonyl (C=O) groups excluding carboxylic acids is 1. The highest BCUT2D eigenvalue weighted by atomic mass is 35.5. The van der Waals surface area contributed by atoms with Crippen LogP contribution in [0.25, 0.3) is 16.6 Å². The first-order valence-corrected chi connectivity index (χ1v) is 9.55. The van der Waals surface area contributed by atoms with Gasteiger partial charge in [-0.25, -0.2) is 4.39 Å². The van der Waals surface area contributed by atoms with E-state index in [9.17, 15) is 14.0 Å². The molecule has 0 saturated carbocycles. The van der Waals surface area contributed by atoms with Crippen molar-refractivity contribution in [2.24, 2.45) is 0 Å². The number of nitrogens with zero attached hydrogens (tertiary/aromatic N) is 3. The molecule has 0 spiro atoms. The van der Waals surface area contributed by atoms with Crippen LogP contribution in [0, 0.1) is 6.92 Å². The molecule has 0 unspecified atom stereocenters. The van der Waals surface area contributed by atoms with Crippen molar-refractivity contribution in [2.75, 3.05) is 13.1 Å². The number of carbonyl (C=O) groups is 1. The van der Waals surface area contributed by atoms with Crippen molar-refractivity contribution in [1.29, 1.82) is 0 Å². The number of hydrogen-bond donors (Lipinski definition) is 0. The van der Waals surface area contributed by atoms with Crippen LogP contribution in [0.2, 0.25) is 10.0 Å². The summed E-state index contributed by atoms with van der Waals surface area (Å²) < 4.78 is 16.8. The molecule has 1 amide bonds. The van der Waals surface area contributed by atoms with Crippen molar-refractivity contribution >= 4 is 34.6 Å². The summed E-state index contributed by atoms with van der Waals surface area (Å²) >= 11 is 12.1. The lowest BCUT2D eigenvalue weighted by molar-refractivity contribution is -0.144. The van der Waals surface area contributed by atoms with Crippen LogP contribution >= 0.6 is 23.2 Å². The summed E-state index contributed by atoms with van der Waals surface area (Å²) in [5.74, 6) is -0.274. The molecule has 146 valence electrons. The zero-order valence-corrected chi connectivity index (χ0v) is 16.9. The minimum atomic E-state index is -1.34. The number of aryl methyl sites for hydroxylation is 1. The average molecular weight is 422 g/mol. The molecule has 3 aromatic rings. The van der Waals surface area contributed by atoms with Crippen LogP contribution in [-0.2, 0) is 11.3 Å². The van der Waals surface area contributed by atoms with Crippen LogP contribution in [0.15, 0.2) is 41.5 Å². The minimum absolute atomic E-state index is 0.0570. The number of rotatable bonds is 3. The maximum atomic E-state index is 13.7. The number of hydrogen-bond acceptors (Lipinski definition) is 2. The Morgan fingerprint density at radius 1 is 1.21 bits per heavy atom. The third-order valence-corrected chi connectivity index (χ3v) is 5.74. The third kappa shape index (κ3) is 3.20. The van der Waals surface area contributed by atoms with E-state index in [4.69, 9.17) is 23.2 Å². The van der Waals surface area contributed by atoms with E-state index < -0.39 is 5.67 Å². The second-order valence-electron chi connectivity index (χ2n) is 7.44. The molecule has 1 aliphatic heterocycles. The Kier molecular flexibility index (Phi) is 4.51. The van der Waals surface area contributed by atoms with E-state index >= 15 is 0 Å². The maximum absolute atomic E-state index is 13.7. The van der Waals surface area contributed by atoms with Gasteiger partial charge in [-0.1, -0.05) is 29.3 Å². The highest BCUT2D eigenvalue weighted by molar-refractivity contribution is 6.42. The molecule has 5 nitrogen and oxygen atoms in total. The molecule has 8 heteroatoms. The van der Waals surface area contributed by atoms with E-state index in [0.717, 1.165) is 11.3 Å². The van der Waals surface area contributed by atoms with Crippen LogP contribution in [0.3, 0.4) is 0 Å². The molecular formula is C20H18Cl2FN3O2. The first-order chi connectivity index (χ1) is 13.2. The van der Waals surface area contributed by atoms with Gasteiger partial charge in [-0.2, -0.15) is 0 Å². The molecule has 2 aromatic heterocycles. The molecule has 0 aliphatic carbocycles. The van der Waals surface area contributed by atoms with Crippen LogP contribution in [0.1, 0.15) is 12.6 Å². The number of benzene rings is 1. The highest BCUT2D eigenvalue weighted by Crippen LogP contribution is 2.31. The van der Waals surface area contributed by atoms with Gasteiger partial charge in [0.25, 0.3) is 5.56 Å². The Hall–Kier alpha value is -2.31. The Balaban J connectivity index is 1.75. The Morgan fingerprint density at radius 3 is 2.57 bits per heavy atom. The molecule has 28 heavy (non-hydrogen) atoms. The van der Waals surface area contributed by atoms with Crippen LogP contribution in [-0.4, -0.2) is 38.5 Å². The molecular weight excluding hydrogens is 404 g/mol. The monoisotopic (exact) mass is 421 g/mol. The summed E-state index contributed by atoms with van der Waals surface area (Å²) in [7, 11) is 0. The fraction of sp³-hybridized carbons (Fsp3) is 0.300. The van der Waals surface area contributed by atoms with Gasteiger partial charge in [-0.05, 0) is 37.6 Å². The summed E-state index contributed by atoms with van der Waals surface area (Å²) in [5.41, 5.74) is 1.07. The lowest BCUT2D eigenvalue weighted by Crippen LogP contribution is -2.60. The van der Waals surface area contributed by atoms with Crippen molar-refractivity contribution < 1.29 is 9.18 Å². The van der Waals surface area contributed by atoms with Gasteiger partial charge in [-0.3, -0.25) is 9.59 Å². The number of aromatic nitrogens is 2. The van der Waals surface area contributed by atoms with Gasteiger partial charge in [0.05, 0.1) is 23.1 Å². The lowest BCUT2D eigenvalue weighted by Gasteiger charge is -2.42. The molecule has 0 atom stereocenters. The fourth-order valence-corrected chi connectivity index (χ4v) is 3.91. The molecule has 3 heterocycles. The Labute approximate surface area is 170 Å². The average Bonchev–Trinajstić information content (AvgIpc) is 3.05. The van der Waals surface area contributed by atoms with E-state index in [1.807, 2.05) is 13.0 Å². The van der Waals surface area contributed by atoms with Crippen molar-refractivity contribution in [3.63, 3.8) is 0 Å². The summed E-state index contributed by atoms with van der Waals surface area (Å²) in [6.07, 6.45) is 3.44. The van der Waals surface area contributed by atoms with Gasteiger partial charge in [0, 0.05) is 23.7 Å². The van der Waals surface area contributed by atoms with Gasteiger partial charge in [0.15, 0.2) is 0 Å². The van der Waals surface area contributed by atoms with Crippen molar-refractivity contribution in [3.05, 3.63) is 62.8 Å². The van der Waals surface area contributed by atoms with Gasteiger partial charge in [-0.15, -0.1) is 0 Å². The minimum Gasteiger partial charge on any atom is -0.335 e. The van der Waals surface area contributed by atoms with Crippen LogP contribution in [0.4, 0.5) is 4.39 Å². The number of fused-ring (bicyclic) bond motifs is 1. The summed E-state index contributed by atoms with van der Waals surface area (Å²) in [6.45, 7) is 3.30. The van der Waals surface area contributed by atoms with E-state index in [1.165, 1.54) is 16.4 Å². The molecule has 1 fully saturated rings. The van der Waals surface area contributed by atoms with E-state index in [1.54, 1.807) is 35.0 Å².